The van der Waals surface area contributed by atoms with E-state index in [-0.39, 0.29) is 0 Å². The minimum atomic E-state index is -3.37. The molecule has 0 bridgehead atoms. The summed E-state index contributed by atoms with van der Waals surface area (Å²) in [5.74, 6) is -38.4. The van der Waals surface area contributed by atoms with Gasteiger partial charge in [0.25, 0.3) is 0 Å². The van der Waals surface area contributed by atoms with Gasteiger partial charge in [-0.15, -0.1) is 0 Å². The minimum absolute atomic E-state index is 0.476. The van der Waals surface area contributed by atoms with Crippen LogP contribution < -0.4 is 10.1 Å². The van der Waals surface area contributed by atoms with Crippen LogP contribution in [0.4, 0.5) is 61.5 Å². The Kier molecular flexibility index (Phi) is 7.19. The van der Waals surface area contributed by atoms with E-state index in [1.807, 2.05) is 0 Å². The number of fused-ring (bicyclic) bond motifs is 2. The Balaban J connectivity index is 1.84. The van der Waals surface area contributed by atoms with E-state index in [1.54, 1.807) is 0 Å². The molecule has 0 spiro atoms. The molecule has 2 nitrogen and oxygen atoms in total. The lowest BCUT2D eigenvalue weighted by Gasteiger charge is -2.20. The molecule has 0 aliphatic heterocycles. The zero-order valence-electron chi connectivity index (χ0n) is 20.0. The lowest BCUT2D eigenvalue weighted by atomic mass is 9.75. The van der Waals surface area contributed by atoms with Crippen molar-refractivity contribution < 1.29 is 71.1 Å². The summed E-state index contributed by atoms with van der Waals surface area (Å²) in [6.45, 7) is 0. The summed E-state index contributed by atoms with van der Waals surface area (Å²) >= 11 is 0. The molecule has 0 fully saturated rings. The van der Waals surface area contributed by atoms with Crippen molar-refractivity contribution >= 4 is 34.1 Å². The van der Waals surface area contributed by atoms with Crippen molar-refractivity contribution in [2.75, 3.05) is 0 Å². The molecular weight excluding hydrogens is 621 g/mol. The zero-order chi connectivity index (χ0) is 31.8. The highest BCUT2D eigenvalue weighted by atomic mass is 19.2. The van der Waals surface area contributed by atoms with Gasteiger partial charge in [0.05, 0.1) is 21.9 Å². The van der Waals surface area contributed by atoms with Crippen molar-refractivity contribution in [1.29, 1.82) is 0 Å². The Morgan fingerprint density at radius 3 is 1.56 bits per heavy atom. The zero-order valence-corrected chi connectivity index (χ0v) is 20.0. The molecule has 0 saturated carbocycles. The third kappa shape index (κ3) is 4.24. The van der Waals surface area contributed by atoms with Crippen LogP contribution in [0.25, 0.3) is 32.7 Å². The quantitative estimate of drug-likeness (QED) is 0.0743. The summed E-state index contributed by atoms with van der Waals surface area (Å²) in [5.41, 5.74) is -6.50. The molecule has 17 heteroatoms. The largest absolute Gasteiger partial charge is 0.563 e. The van der Waals surface area contributed by atoms with Crippen LogP contribution in [0.3, 0.4) is 0 Å². The van der Waals surface area contributed by atoms with Gasteiger partial charge in [0.15, 0.2) is 58.1 Å². The number of halogens is 14. The average molecular weight is 626 g/mol. The van der Waals surface area contributed by atoms with Crippen LogP contribution in [-0.4, -0.2) is 12.1 Å². The molecule has 0 aromatic heterocycles. The average Bonchev–Trinajstić information content (AvgIpc) is 2.97. The first kappa shape index (κ1) is 29.9. The Labute approximate surface area is 228 Å². The first-order valence-corrected chi connectivity index (χ1v) is 11.2. The fraction of sp³-hybridized carbons (Fsp3) is 0. The summed E-state index contributed by atoms with van der Waals surface area (Å²) in [7, 11) is -3.37. The fourth-order valence-electron chi connectivity index (χ4n) is 4.42. The van der Waals surface area contributed by atoms with Crippen molar-refractivity contribution in [3.05, 3.63) is 106 Å². The SMILES string of the molecule is OB(Oc1c(F)c(F)c(F)c(F)c1-c1c(F)c(F)c(F)c(F)c1F)c1c(F)c(F)c(F)c2c(F)c3c(F)cccc3cc12. The predicted octanol–water partition coefficient (Wildman–Crippen LogP) is 7.37. The molecule has 0 aliphatic carbocycles. The molecule has 43 heavy (non-hydrogen) atoms. The number of benzene rings is 5. The summed E-state index contributed by atoms with van der Waals surface area (Å²) in [5, 5.41) is 6.44. The summed E-state index contributed by atoms with van der Waals surface area (Å²) in [6.07, 6.45) is 0. The standard InChI is InChI=1S/C26H5BF14O2/c28-7-3-1-2-5-4-6-9(13(29)8(5)7)14(30)19(35)18(34)12(6)27(42)43-26-11(17(33)22(38)24(40)25(26)41)10-15(31)20(36)23(39)21(37)16(10)32/h1-4,42H. The van der Waals surface area contributed by atoms with Gasteiger partial charge in [-0.1, -0.05) is 12.1 Å². The molecule has 0 saturated heterocycles. The van der Waals surface area contributed by atoms with Crippen molar-refractivity contribution in [2.24, 2.45) is 0 Å². The maximum Gasteiger partial charge on any atom is 0.563 e. The Morgan fingerprint density at radius 1 is 0.488 bits per heavy atom. The Bertz CT molecular complexity index is 2000. The highest BCUT2D eigenvalue weighted by Gasteiger charge is 2.39. The lowest BCUT2D eigenvalue weighted by molar-refractivity contribution is 0.364. The van der Waals surface area contributed by atoms with E-state index in [9.17, 15) is 62.1 Å². The molecule has 0 aliphatic rings. The maximum atomic E-state index is 15.2. The highest BCUT2D eigenvalue weighted by molar-refractivity contribution is 6.64. The molecule has 1 N–H and O–H groups in total. The summed E-state index contributed by atoms with van der Waals surface area (Å²) < 4.78 is 206. The van der Waals surface area contributed by atoms with Crippen molar-refractivity contribution in [1.82, 2.24) is 0 Å². The normalized spacial score (nSPS) is 11.6. The van der Waals surface area contributed by atoms with E-state index in [0.717, 1.165) is 12.1 Å². The van der Waals surface area contributed by atoms with Crippen molar-refractivity contribution in [2.45, 2.75) is 0 Å². The van der Waals surface area contributed by atoms with Crippen LogP contribution in [0.15, 0.2) is 24.3 Å². The van der Waals surface area contributed by atoms with Crippen molar-refractivity contribution in [3.8, 4) is 16.9 Å². The van der Waals surface area contributed by atoms with E-state index in [4.69, 9.17) is 0 Å². The molecular formula is C26H5BF14O2. The molecule has 5 aromatic carbocycles. The fourth-order valence-corrected chi connectivity index (χ4v) is 4.42. The van der Waals surface area contributed by atoms with Crippen LogP contribution >= 0.6 is 0 Å². The van der Waals surface area contributed by atoms with Gasteiger partial charge in [0, 0.05) is 5.46 Å². The van der Waals surface area contributed by atoms with Crippen molar-refractivity contribution in [3.63, 3.8) is 0 Å². The van der Waals surface area contributed by atoms with E-state index in [0.29, 0.717) is 12.1 Å². The van der Waals surface area contributed by atoms with Gasteiger partial charge in [-0.05, 0) is 22.9 Å². The smallest absolute Gasteiger partial charge is 0.530 e. The highest BCUT2D eigenvalue weighted by Crippen LogP contribution is 2.43. The summed E-state index contributed by atoms with van der Waals surface area (Å²) in [4.78, 5) is 0. The maximum absolute atomic E-state index is 15.2. The van der Waals surface area contributed by atoms with E-state index in [2.05, 4.69) is 4.65 Å². The molecule has 0 amide bonds. The first-order chi connectivity index (χ1) is 20.1. The Hall–Kier alpha value is -4.54. The molecule has 222 valence electrons. The van der Waals surface area contributed by atoms with Crippen LogP contribution in [0.1, 0.15) is 0 Å². The van der Waals surface area contributed by atoms with Gasteiger partial charge in [-0.3, -0.25) is 0 Å². The third-order valence-electron chi connectivity index (χ3n) is 6.35. The van der Waals surface area contributed by atoms with Gasteiger partial charge in [0.1, 0.15) is 11.6 Å². The second-order valence-electron chi connectivity index (χ2n) is 8.68. The predicted molar refractivity (Wildman–Crippen MR) is 121 cm³/mol. The monoisotopic (exact) mass is 626 g/mol. The molecule has 0 radical (unpaired) electrons. The van der Waals surface area contributed by atoms with E-state index >= 15 is 4.39 Å². The number of hydrogen-bond donors (Lipinski definition) is 1. The molecule has 5 aromatic rings. The lowest BCUT2D eigenvalue weighted by Crippen LogP contribution is -2.41. The number of hydrogen-bond acceptors (Lipinski definition) is 2. The topological polar surface area (TPSA) is 29.5 Å². The van der Waals surface area contributed by atoms with E-state index in [1.165, 1.54) is 0 Å². The molecule has 5 rings (SSSR count). The van der Waals surface area contributed by atoms with Crippen LogP contribution in [-0.2, 0) is 0 Å². The van der Waals surface area contributed by atoms with Gasteiger partial charge in [-0.2, -0.15) is 4.39 Å². The number of rotatable bonds is 4. The van der Waals surface area contributed by atoms with Gasteiger partial charge >= 0.3 is 7.12 Å². The second-order valence-corrected chi connectivity index (χ2v) is 8.68. The van der Waals surface area contributed by atoms with Crippen LogP contribution in [0, 0.1) is 81.4 Å². The van der Waals surface area contributed by atoms with E-state index < -0.39 is 132 Å². The second kappa shape index (κ2) is 10.3. The third-order valence-corrected chi connectivity index (χ3v) is 6.35. The minimum Gasteiger partial charge on any atom is -0.530 e. The molecule has 0 unspecified atom stereocenters. The first-order valence-electron chi connectivity index (χ1n) is 11.2. The van der Waals surface area contributed by atoms with Crippen LogP contribution in [0.2, 0.25) is 0 Å². The molecule has 0 heterocycles. The van der Waals surface area contributed by atoms with Gasteiger partial charge < -0.3 is 9.68 Å². The summed E-state index contributed by atoms with van der Waals surface area (Å²) in [6, 6.07) is 3.23. The molecule has 0 atom stereocenters. The van der Waals surface area contributed by atoms with Gasteiger partial charge in [0.2, 0.25) is 17.5 Å². The van der Waals surface area contributed by atoms with Gasteiger partial charge in [-0.25, -0.2) is 57.1 Å². The van der Waals surface area contributed by atoms with Crippen LogP contribution in [0.5, 0.6) is 5.75 Å². The Morgan fingerprint density at radius 2 is 0.977 bits per heavy atom.